The fraction of sp³-hybridized carbons (Fsp3) is 0.235. The lowest BCUT2D eigenvalue weighted by Crippen LogP contribution is -2.30. The normalized spacial score (nSPS) is 11.3. The van der Waals surface area contributed by atoms with Gasteiger partial charge < -0.3 is 5.32 Å². The molecule has 2 aromatic rings. The molecule has 0 bridgehead atoms. The molecule has 0 unspecified atom stereocenters. The van der Waals surface area contributed by atoms with Gasteiger partial charge in [-0.3, -0.25) is 0 Å². The molecular formula is C17H18FN3O2S. The van der Waals surface area contributed by atoms with Gasteiger partial charge >= 0.3 is 0 Å². The lowest BCUT2D eigenvalue weighted by atomic mass is 10.1. The summed E-state index contributed by atoms with van der Waals surface area (Å²) in [5.74, 6) is -0.597. The predicted octanol–water partition coefficient (Wildman–Crippen LogP) is 3.00. The van der Waals surface area contributed by atoms with E-state index in [0.717, 1.165) is 0 Å². The van der Waals surface area contributed by atoms with Crippen molar-refractivity contribution in [3.63, 3.8) is 0 Å². The number of nitriles is 1. The zero-order chi connectivity index (χ0) is 17.7. The van der Waals surface area contributed by atoms with E-state index < -0.39 is 15.8 Å². The van der Waals surface area contributed by atoms with Crippen LogP contribution in [0, 0.1) is 17.1 Å². The van der Waals surface area contributed by atoms with Gasteiger partial charge in [-0.25, -0.2) is 17.5 Å². The zero-order valence-electron chi connectivity index (χ0n) is 13.4. The number of halogens is 1. The summed E-state index contributed by atoms with van der Waals surface area (Å²) < 4.78 is 40.5. The Morgan fingerprint density at radius 2 is 1.92 bits per heavy atom. The maximum absolute atomic E-state index is 13.6. The third kappa shape index (κ3) is 4.31. The van der Waals surface area contributed by atoms with Gasteiger partial charge in [0.1, 0.15) is 17.4 Å². The molecule has 0 saturated heterocycles. The highest BCUT2D eigenvalue weighted by molar-refractivity contribution is 7.89. The molecule has 7 heteroatoms. The van der Waals surface area contributed by atoms with Gasteiger partial charge in [0.25, 0.3) is 0 Å². The first kappa shape index (κ1) is 17.9. The number of benzene rings is 2. The second-order valence-corrected chi connectivity index (χ2v) is 7.27. The summed E-state index contributed by atoms with van der Waals surface area (Å²) in [7, 11) is -3.57. The minimum atomic E-state index is -3.57. The van der Waals surface area contributed by atoms with Crippen molar-refractivity contribution in [3.8, 4) is 6.07 Å². The van der Waals surface area contributed by atoms with Crippen molar-refractivity contribution in [2.45, 2.75) is 31.3 Å². The lowest BCUT2D eigenvalue weighted by Gasteiger charge is -2.12. The predicted molar refractivity (Wildman–Crippen MR) is 90.3 cm³/mol. The van der Waals surface area contributed by atoms with E-state index in [9.17, 15) is 12.8 Å². The minimum absolute atomic E-state index is 0.0669. The molecule has 0 aliphatic rings. The van der Waals surface area contributed by atoms with E-state index in [2.05, 4.69) is 10.0 Å². The molecule has 0 saturated carbocycles. The molecule has 0 heterocycles. The van der Waals surface area contributed by atoms with Crippen molar-refractivity contribution in [2.75, 3.05) is 5.32 Å². The molecule has 0 fully saturated rings. The summed E-state index contributed by atoms with van der Waals surface area (Å²) in [6.45, 7) is 3.76. The van der Waals surface area contributed by atoms with Crippen molar-refractivity contribution in [1.82, 2.24) is 4.72 Å². The van der Waals surface area contributed by atoms with Gasteiger partial charge in [0.15, 0.2) is 0 Å². The van der Waals surface area contributed by atoms with Crippen LogP contribution in [0.15, 0.2) is 47.4 Å². The fourth-order valence-electron chi connectivity index (χ4n) is 2.18. The molecule has 24 heavy (non-hydrogen) atoms. The number of nitrogens with one attached hydrogen (secondary N) is 2. The molecule has 0 aliphatic heterocycles. The van der Waals surface area contributed by atoms with Gasteiger partial charge in [-0.2, -0.15) is 5.26 Å². The quantitative estimate of drug-likeness (QED) is 0.841. The Kier molecular flexibility index (Phi) is 5.54. The van der Waals surface area contributed by atoms with Crippen molar-refractivity contribution in [1.29, 1.82) is 5.26 Å². The Morgan fingerprint density at radius 3 is 2.58 bits per heavy atom. The molecule has 2 N–H and O–H groups in total. The van der Waals surface area contributed by atoms with Crippen molar-refractivity contribution >= 4 is 15.7 Å². The first-order valence-electron chi connectivity index (χ1n) is 7.37. The first-order valence-corrected chi connectivity index (χ1v) is 8.85. The average molecular weight is 347 g/mol. The van der Waals surface area contributed by atoms with Crippen molar-refractivity contribution < 1.29 is 12.8 Å². The first-order chi connectivity index (χ1) is 11.3. The number of nitrogens with zero attached hydrogens (tertiary/aromatic N) is 1. The summed E-state index contributed by atoms with van der Waals surface area (Å²) in [4.78, 5) is 0.162. The van der Waals surface area contributed by atoms with E-state index in [1.807, 2.05) is 6.07 Å². The largest absolute Gasteiger partial charge is 0.380 e. The molecule has 126 valence electrons. The maximum atomic E-state index is 13.6. The average Bonchev–Trinajstić information content (AvgIpc) is 2.52. The number of anilines is 1. The summed E-state index contributed by atoms with van der Waals surface area (Å²) in [5.41, 5.74) is 1.00. The monoisotopic (exact) mass is 347 g/mol. The van der Waals surface area contributed by atoms with Crippen LogP contribution in [0.3, 0.4) is 0 Å². The number of hydrogen-bond donors (Lipinski definition) is 2. The molecule has 2 aromatic carbocycles. The van der Waals surface area contributed by atoms with Crippen molar-refractivity contribution in [2.24, 2.45) is 0 Å². The number of sulfonamides is 1. The van der Waals surface area contributed by atoms with E-state index in [0.29, 0.717) is 11.3 Å². The molecule has 0 spiro atoms. The minimum Gasteiger partial charge on any atom is -0.380 e. The van der Waals surface area contributed by atoms with Crippen LogP contribution in [-0.4, -0.2) is 14.5 Å². The summed E-state index contributed by atoms with van der Waals surface area (Å²) in [6.07, 6.45) is 0. The van der Waals surface area contributed by atoms with Crippen LogP contribution in [0.25, 0.3) is 0 Å². The Morgan fingerprint density at radius 1 is 1.21 bits per heavy atom. The summed E-state index contributed by atoms with van der Waals surface area (Å²) >= 11 is 0. The smallest absolute Gasteiger partial charge is 0.240 e. The summed E-state index contributed by atoms with van der Waals surface area (Å²) in [5, 5.41) is 12.0. The van der Waals surface area contributed by atoms with Crippen LogP contribution in [-0.2, 0) is 16.6 Å². The van der Waals surface area contributed by atoms with Gasteiger partial charge in [-0.1, -0.05) is 18.2 Å². The van der Waals surface area contributed by atoms with Crippen LogP contribution in [0.2, 0.25) is 0 Å². The molecule has 0 amide bonds. The second kappa shape index (κ2) is 7.43. The highest BCUT2D eigenvalue weighted by Gasteiger charge is 2.15. The Labute approximate surface area is 141 Å². The van der Waals surface area contributed by atoms with Crippen LogP contribution < -0.4 is 10.0 Å². The van der Waals surface area contributed by atoms with E-state index in [1.54, 1.807) is 38.1 Å². The fourth-order valence-corrected chi connectivity index (χ4v) is 3.50. The second-order valence-electron chi connectivity index (χ2n) is 5.55. The molecule has 0 aliphatic carbocycles. The van der Waals surface area contributed by atoms with E-state index in [1.165, 1.54) is 18.2 Å². The Hall–Kier alpha value is -2.43. The maximum Gasteiger partial charge on any atom is 0.240 e. The molecule has 5 nitrogen and oxygen atoms in total. The van der Waals surface area contributed by atoms with E-state index >= 15 is 0 Å². The topological polar surface area (TPSA) is 82.0 Å². The Balaban J connectivity index is 2.20. The van der Waals surface area contributed by atoms with Crippen molar-refractivity contribution in [3.05, 3.63) is 59.4 Å². The third-order valence-electron chi connectivity index (χ3n) is 3.21. The van der Waals surface area contributed by atoms with Gasteiger partial charge in [-0.05, 0) is 43.7 Å². The van der Waals surface area contributed by atoms with Gasteiger partial charge in [0.2, 0.25) is 10.0 Å². The summed E-state index contributed by atoms with van der Waals surface area (Å²) in [6, 6.07) is 12.4. The Bertz CT molecular complexity index is 874. The van der Waals surface area contributed by atoms with Crippen LogP contribution in [0.1, 0.15) is 25.0 Å². The molecular weight excluding hydrogens is 329 g/mol. The molecule has 0 aromatic heterocycles. The van der Waals surface area contributed by atoms with E-state index in [4.69, 9.17) is 5.26 Å². The van der Waals surface area contributed by atoms with Gasteiger partial charge in [0.05, 0.1) is 10.6 Å². The van der Waals surface area contributed by atoms with Crippen LogP contribution in [0.4, 0.5) is 10.1 Å². The van der Waals surface area contributed by atoms with Gasteiger partial charge in [0, 0.05) is 12.6 Å². The molecule has 0 radical (unpaired) electrons. The van der Waals surface area contributed by atoms with E-state index in [-0.39, 0.29) is 23.0 Å². The van der Waals surface area contributed by atoms with Crippen LogP contribution in [0.5, 0.6) is 0 Å². The van der Waals surface area contributed by atoms with Gasteiger partial charge in [-0.15, -0.1) is 0 Å². The lowest BCUT2D eigenvalue weighted by molar-refractivity contribution is 0.569. The zero-order valence-corrected chi connectivity index (χ0v) is 14.2. The standard InChI is InChI=1S/C17H18FN3O2S/c1-12(2)21-24(22,23)14-6-3-5-13(9-14)11-20-17-8-4-7-16(18)15(17)10-19/h3-9,12,20-21H,11H2,1-2H3. The highest BCUT2D eigenvalue weighted by Crippen LogP contribution is 2.19. The van der Waals surface area contributed by atoms with Crippen LogP contribution >= 0.6 is 0 Å². The third-order valence-corrected chi connectivity index (χ3v) is 4.86. The molecule has 2 rings (SSSR count). The number of hydrogen-bond acceptors (Lipinski definition) is 4. The highest BCUT2D eigenvalue weighted by atomic mass is 32.2. The SMILES string of the molecule is CC(C)NS(=O)(=O)c1cccc(CNc2cccc(F)c2C#N)c1. The molecule has 0 atom stereocenters. The number of rotatable bonds is 6.